The number of hydrogen-bond acceptors (Lipinski definition) is 4. The largest absolute Gasteiger partial charge is 0.375 e. The second kappa shape index (κ2) is 7.97. The Kier molecular flexibility index (Phi) is 6.61. The second-order valence-corrected chi connectivity index (χ2v) is 4.76. The van der Waals surface area contributed by atoms with E-state index < -0.39 is 0 Å². The maximum Gasteiger partial charge on any atom is 0.244 e. The van der Waals surface area contributed by atoms with Crippen LogP contribution in [0.2, 0.25) is 0 Å². The number of benzene rings is 1. The molecule has 2 rings (SSSR count). The van der Waals surface area contributed by atoms with Crippen LogP contribution in [0.15, 0.2) is 24.3 Å². The van der Waals surface area contributed by atoms with Crippen LogP contribution in [0.3, 0.4) is 0 Å². The van der Waals surface area contributed by atoms with Gasteiger partial charge in [-0.2, -0.15) is 0 Å². The van der Waals surface area contributed by atoms with Crippen LogP contribution in [0.5, 0.6) is 0 Å². The Morgan fingerprint density at radius 1 is 1.19 bits per heavy atom. The van der Waals surface area contributed by atoms with E-state index in [2.05, 4.69) is 16.0 Å². The molecular formula is C14H20ClN3O3. The molecule has 2 atom stereocenters. The maximum absolute atomic E-state index is 12.1. The first-order valence-electron chi connectivity index (χ1n) is 6.60. The monoisotopic (exact) mass is 313 g/mol. The van der Waals surface area contributed by atoms with E-state index in [-0.39, 0.29) is 36.4 Å². The first-order valence-corrected chi connectivity index (χ1v) is 6.60. The van der Waals surface area contributed by atoms with Gasteiger partial charge < -0.3 is 20.7 Å². The molecule has 0 spiro atoms. The van der Waals surface area contributed by atoms with Crippen molar-refractivity contribution in [2.75, 3.05) is 23.8 Å². The van der Waals surface area contributed by atoms with Crippen molar-refractivity contribution in [3.63, 3.8) is 0 Å². The average Bonchev–Trinajstić information content (AvgIpc) is 2.41. The molecule has 1 aromatic rings. The van der Waals surface area contributed by atoms with Crippen molar-refractivity contribution in [3.8, 4) is 0 Å². The Morgan fingerprint density at radius 2 is 1.76 bits per heavy atom. The van der Waals surface area contributed by atoms with Crippen molar-refractivity contribution in [2.45, 2.75) is 26.0 Å². The van der Waals surface area contributed by atoms with Crippen LogP contribution in [-0.2, 0) is 14.3 Å². The van der Waals surface area contributed by atoms with Crippen molar-refractivity contribution in [1.82, 2.24) is 5.32 Å². The number of anilines is 2. The van der Waals surface area contributed by atoms with Crippen molar-refractivity contribution in [2.24, 2.45) is 0 Å². The molecule has 1 aliphatic rings. The molecular weight excluding hydrogens is 294 g/mol. The third kappa shape index (κ3) is 5.00. The number of carbonyl (C=O) groups excluding carboxylic acids is 2. The molecule has 1 saturated heterocycles. The minimum absolute atomic E-state index is 0. The number of ether oxygens (including phenoxy) is 1. The molecule has 1 aliphatic heterocycles. The molecule has 0 aromatic heterocycles. The molecule has 0 unspecified atom stereocenters. The fourth-order valence-corrected chi connectivity index (χ4v) is 2.09. The molecule has 21 heavy (non-hydrogen) atoms. The molecule has 0 aliphatic carbocycles. The summed E-state index contributed by atoms with van der Waals surface area (Å²) in [5.41, 5.74) is 1.38. The Hall–Kier alpha value is -1.63. The Morgan fingerprint density at radius 3 is 2.29 bits per heavy atom. The highest BCUT2D eigenvalue weighted by Gasteiger charge is 2.28. The van der Waals surface area contributed by atoms with Gasteiger partial charge in [-0.25, -0.2) is 0 Å². The lowest BCUT2D eigenvalue weighted by Crippen LogP contribution is -2.53. The van der Waals surface area contributed by atoms with Gasteiger partial charge in [0.1, 0.15) is 6.04 Å². The summed E-state index contributed by atoms with van der Waals surface area (Å²) in [6.45, 7) is 4.61. The third-order valence-electron chi connectivity index (χ3n) is 3.07. The van der Waals surface area contributed by atoms with E-state index in [0.29, 0.717) is 24.5 Å². The SMILES string of the molecule is CC(=O)Nc1ccc(NC(=O)[C@H]2NCCO[C@@H]2C)cc1.Cl. The molecule has 2 amide bonds. The van der Waals surface area contributed by atoms with Gasteiger partial charge in [0.15, 0.2) is 0 Å². The lowest BCUT2D eigenvalue weighted by molar-refractivity contribution is -0.123. The summed E-state index contributed by atoms with van der Waals surface area (Å²) < 4.78 is 5.44. The summed E-state index contributed by atoms with van der Waals surface area (Å²) in [6.07, 6.45) is -0.151. The van der Waals surface area contributed by atoms with Crippen molar-refractivity contribution < 1.29 is 14.3 Å². The minimum Gasteiger partial charge on any atom is -0.375 e. The van der Waals surface area contributed by atoms with Crippen molar-refractivity contribution in [1.29, 1.82) is 0 Å². The topological polar surface area (TPSA) is 79.5 Å². The van der Waals surface area contributed by atoms with Crippen molar-refractivity contribution in [3.05, 3.63) is 24.3 Å². The number of rotatable bonds is 3. The van der Waals surface area contributed by atoms with E-state index in [9.17, 15) is 9.59 Å². The quantitative estimate of drug-likeness (QED) is 0.788. The number of carbonyl (C=O) groups is 2. The predicted octanol–water partition coefficient (Wildman–Crippen LogP) is 1.38. The normalized spacial score (nSPS) is 21.0. The first-order chi connectivity index (χ1) is 9.56. The third-order valence-corrected chi connectivity index (χ3v) is 3.07. The molecule has 1 aromatic carbocycles. The van der Waals surface area contributed by atoms with Gasteiger partial charge in [0.05, 0.1) is 12.7 Å². The standard InChI is InChI=1S/C14H19N3O3.ClH/c1-9-13(15-7-8-20-9)14(19)17-12-5-3-11(4-6-12)16-10(2)18;/h3-6,9,13,15H,7-8H2,1-2H3,(H,16,18)(H,17,19);1H/t9-,13+;/m1./s1. The van der Waals surface area contributed by atoms with Crippen LogP contribution in [0, 0.1) is 0 Å². The number of nitrogens with one attached hydrogen (secondary N) is 3. The Balaban J connectivity index is 0.00000220. The van der Waals surface area contributed by atoms with E-state index in [1.165, 1.54) is 6.92 Å². The molecule has 6 nitrogen and oxygen atoms in total. The summed E-state index contributed by atoms with van der Waals surface area (Å²) in [5, 5.41) is 8.63. The second-order valence-electron chi connectivity index (χ2n) is 4.76. The molecule has 1 fully saturated rings. The van der Waals surface area contributed by atoms with Crippen LogP contribution in [0.4, 0.5) is 11.4 Å². The van der Waals surface area contributed by atoms with E-state index in [4.69, 9.17) is 4.74 Å². The van der Waals surface area contributed by atoms with Crippen LogP contribution in [0.1, 0.15) is 13.8 Å². The summed E-state index contributed by atoms with van der Waals surface area (Å²) in [7, 11) is 0. The zero-order chi connectivity index (χ0) is 14.5. The zero-order valence-corrected chi connectivity index (χ0v) is 12.8. The highest BCUT2D eigenvalue weighted by Crippen LogP contribution is 2.14. The van der Waals surface area contributed by atoms with Gasteiger partial charge in [-0.3, -0.25) is 9.59 Å². The predicted molar refractivity (Wildman–Crippen MR) is 83.8 cm³/mol. The molecule has 1 heterocycles. The van der Waals surface area contributed by atoms with E-state index in [1.807, 2.05) is 6.92 Å². The summed E-state index contributed by atoms with van der Waals surface area (Å²) >= 11 is 0. The fourth-order valence-electron chi connectivity index (χ4n) is 2.09. The zero-order valence-electron chi connectivity index (χ0n) is 12.0. The number of hydrogen-bond donors (Lipinski definition) is 3. The van der Waals surface area contributed by atoms with E-state index in [1.54, 1.807) is 24.3 Å². The highest BCUT2D eigenvalue weighted by atomic mass is 35.5. The van der Waals surface area contributed by atoms with Crippen molar-refractivity contribution >= 4 is 35.6 Å². The molecule has 0 saturated carbocycles. The van der Waals surface area contributed by atoms with Crippen LogP contribution in [-0.4, -0.2) is 37.1 Å². The van der Waals surface area contributed by atoms with Gasteiger partial charge in [0.2, 0.25) is 11.8 Å². The van der Waals surface area contributed by atoms with Gasteiger partial charge in [-0.1, -0.05) is 0 Å². The minimum atomic E-state index is -0.348. The summed E-state index contributed by atoms with van der Waals surface area (Å²) in [6, 6.07) is 6.63. The molecule has 7 heteroatoms. The summed E-state index contributed by atoms with van der Waals surface area (Å²) in [4.78, 5) is 23.0. The average molecular weight is 314 g/mol. The maximum atomic E-state index is 12.1. The number of morpholine rings is 1. The number of halogens is 1. The van der Waals surface area contributed by atoms with Gasteiger partial charge in [0.25, 0.3) is 0 Å². The van der Waals surface area contributed by atoms with Gasteiger partial charge in [-0.05, 0) is 31.2 Å². The van der Waals surface area contributed by atoms with E-state index >= 15 is 0 Å². The molecule has 3 N–H and O–H groups in total. The van der Waals surface area contributed by atoms with E-state index in [0.717, 1.165) is 0 Å². The summed E-state index contributed by atoms with van der Waals surface area (Å²) in [5.74, 6) is -0.247. The highest BCUT2D eigenvalue weighted by molar-refractivity contribution is 5.96. The first kappa shape index (κ1) is 17.4. The lowest BCUT2D eigenvalue weighted by Gasteiger charge is -2.29. The van der Waals surface area contributed by atoms with Gasteiger partial charge >= 0.3 is 0 Å². The molecule has 0 radical (unpaired) electrons. The lowest BCUT2D eigenvalue weighted by atomic mass is 10.1. The van der Waals surface area contributed by atoms with Gasteiger partial charge in [-0.15, -0.1) is 12.4 Å². The van der Waals surface area contributed by atoms with Gasteiger partial charge in [0, 0.05) is 24.8 Å². The molecule has 116 valence electrons. The smallest absolute Gasteiger partial charge is 0.244 e. The van der Waals surface area contributed by atoms with Crippen LogP contribution >= 0.6 is 12.4 Å². The number of amides is 2. The Labute approximate surface area is 130 Å². The molecule has 0 bridgehead atoms. The van der Waals surface area contributed by atoms with Crippen LogP contribution in [0.25, 0.3) is 0 Å². The fraction of sp³-hybridized carbons (Fsp3) is 0.429. The van der Waals surface area contributed by atoms with Crippen LogP contribution < -0.4 is 16.0 Å². The Bertz CT molecular complexity index is 493.